The topological polar surface area (TPSA) is 104 Å². The van der Waals surface area contributed by atoms with Gasteiger partial charge in [-0.3, -0.25) is 20.2 Å². The second-order valence-corrected chi connectivity index (χ2v) is 9.08. The van der Waals surface area contributed by atoms with Crippen LogP contribution in [-0.2, 0) is 0 Å². The first-order chi connectivity index (χ1) is 16.8. The average molecular weight is 518 g/mol. The van der Waals surface area contributed by atoms with Crippen molar-refractivity contribution in [2.75, 3.05) is 11.9 Å². The molecule has 0 spiro atoms. The number of ether oxygens (including phenoxy) is 2. The molecule has 0 bridgehead atoms. The summed E-state index contributed by atoms with van der Waals surface area (Å²) in [6.45, 7) is 2.55. The number of hydrogen-bond acceptors (Lipinski definition) is 8. The van der Waals surface area contributed by atoms with Gasteiger partial charge in [0.15, 0.2) is 16.7 Å². The molecule has 0 fully saturated rings. The fourth-order valence-electron chi connectivity index (χ4n) is 2.90. The highest BCUT2D eigenvalue weighted by molar-refractivity contribution is 7.19. The molecule has 0 saturated carbocycles. The van der Waals surface area contributed by atoms with Gasteiger partial charge < -0.3 is 9.47 Å². The third-order valence-electron chi connectivity index (χ3n) is 4.51. The van der Waals surface area contributed by atoms with Gasteiger partial charge in [-0.2, -0.15) is 0 Å². The summed E-state index contributed by atoms with van der Waals surface area (Å²) >= 11 is 1.66. The monoisotopic (exact) mass is 517 g/mol. The lowest BCUT2D eigenvalue weighted by molar-refractivity contribution is -0.380. The first kappa shape index (κ1) is 24.2. The van der Waals surface area contributed by atoms with Crippen LogP contribution >= 0.6 is 22.7 Å². The van der Waals surface area contributed by atoms with Crippen molar-refractivity contribution in [1.29, 1.82) is 0 Å². The largest absolute Gasteiger partial charge is 0.494 e. The Labute approximate surface area is 205 Å². The molecule has 180 valence electrons. The first-order valence-corrected chi connectivity index (χ1v) is 11.9. The van der Waals surface area contributed by atoms with E-state index in [0.29, 0.717) is 29.7 Å². The highest BCUT2D eigenvalue weighted by atomic mass is 32.1. The van der Waals surface area contributed by atoms with Crippen LogP contribution in [0.4, 0.5) is 18.9 Å². The van der Waals surface area contributed by atoms with Crippen molar-refractivity contribution < 1.29 is 28.0 Å². The number of thiophene rings is 1. The third-order valence-corrected chi connectivity index (χ3v) is 6.39. The molecule has 0 aliphatic rings. The van der Waals surface area contributed by atoms with E-state index in [0.717, 1.165) is 41.2 Å². The molecule has 0 radical (unpaired) electrons. The van der Waals surface area contributed by atoms with Crippen LogP contribution in [-0.4, -0.2) is 22.4 Å². The minimum Gasteiger partial charge on any atom is -0.494 e. The Bertz CT molecular complexity index is 1370. The Balaban J connectivity index is 1.65. The maximum atomic E-state index is 14.2. The number of rotatable bonds is 9. The van der Waals surface area contributed by atoms with Crippen molar-refractivity contribution in [3.05, 3.63) is 81.2 Å². The van der Waals surface area contributed by atoms with E-state index in [4.69, 9.17) is 9.47 Å². The lowest BCUT2D eigenvalue weighted by Crippen LogP contribution is -2.09. The third kappa shape index (κ3) is 5.78. The van der Waals surface area contributed by atoms with Gasteiger partial charge in [0.1, 0.15) is 17.3 Å². The van der Waals surface area contributed by atoms with Crippen LogP contribution in [0.5, 0.6) is 16.6 Å². The van der Waals surface area contributed by atoms with Gasteiger partial charge in [0.25, 0.3) is 5.91 Å². The molecule has 35 heavy (non-hydrogen) atoms. The molecule has 8 nitrogen and oxygen atoms in total. The summed E-state index contributed by atoms with van der Waals surface area (Å²) in [6.07, 6.45) is 0.853. The Hall–Kier alpha value is -3.90. The Kier molecular flexibility index (Phi) is 7.32. The summed E-state index contributed by atoms with van der Waals surface area (Å²) in [7, 11) is 0. The molecule has 2 aromatic heterocycles. The van der Waals surface area contributed by atoms with Gasteiger partial charge in [0, 0.05) is 17.7 Å². The minimum absolute atomic E-state index is 0.123. The fraction of sp³-hybridized carbons (Fsp3) is 0.130. The Morgan fingerprint density at radius 3 is 2.54 bits per heavy atom. The predicted octanol–water partition coefficient (Wildman–Crippen LogP) is 6.89. The molecule has 0 unspecified atom stereocenters. The van der Waals surface area contributed by atoms with E-state index >= 15 is 0 Å². The molecule has 2 heterocycles. The normalized spacial score (nSPS) is 10.7. The molecule has 0 aliphatic heterocycles. The number of anilines is 1. The van der Waals surface area contributed by atoms with Gasteiger partial charge in [-0.1, -0.05) is 29.6 Å². The zero-order valence-corrected chi connectivity index (χ0v) is 19.8. The SMILES string of the molecule is CCCOc1ccc(-c2nc(NC(=O)c3ccc([N+](=O)[O-])s3)sc2Oc2ccc(F)cc2F)cc1. The molecule has 1 N–H and O–H groups in total. The lowest BCUT2D eigenvalue weighted by Gasteiger charge is -2.08. The van der Waals surface area contributed by atoms with Crippen LogP contribution in [0, 0.1) is 21.7 Å². The van der Waals surface area contributed by atoms with Gasteiger partial charge in [-0.25, -0.2) is 13.8 Å². The molecule has 1 amide bonds. The fourth-order valence-corrected chi connectivity index (χ4v) is 4.47. The van der Waals surface area contributed by atoms with Crippen molar-refractivity contribution in [3.63, 3.8) is 0 Å². The van der Waals surface area contributed by atoms with Crippen LogP contribution < -0.4 is 14.8 Å². The maximum Gasteiger partial charge on any atom is 0.324 e. The maximum absolute atomic E-state index is 14.2. The van der Waals surface area contributed by atoms with Crippen molar-refractivity contribution in [2.45, 2.75) is 13.3 Å². The molecular formula is C23H17F2N3O5S2. The quantitative estimate of drug-likeness (QED) is 0.191. The minimum atomic E-state index is -0.899. The zero-order valence-electron chi connectivity index (χ0n) is 18.1. The summed E-state index contributed by atoms with van der Waals surface area (Å²) < 4.78 is 38.8. The number of nitrogens with zero attached hydrogens (tertiary/aromatic N) is 2. The molecular weight excluding hydrogens is 500 g/mol. The van der Waals surface area contributed by atoms with Crippen LogP contribution in [0.25, 0.3) is 11.3 Å². The van der Waals surface area contributed by atoms with Gasteiger partial charge in [-0.05, 0) is 48.9 Å². The van der Waals surface area contributed by atoms with E-state index in [-0.39, 0.29) is 25.8 Å². The molecule has 0 saturated heterocycles. The van der Waals surface area contributed by atoms with Gasteiger partial charge in [-0.15, -0.1) is 0 Å². The second-order valence-electron chi connectivity index (χ2n) is 7.05. The standard InChI is InChI=1S/C23H17F2N3O5S2/c1-2-11-32-15-6-3-13(4-7-15)20-22(33-17-8-5-14(24)12-16(17)25)35-23(26-20)27-21(29)18-9-10-19(34-18)28(30)31/h3-10,12H,2,11H2,1H3,(H,26,27,29). The van der Waals surface area contributed by atoms with Crippen molar-refractivity contribution >= 4 is 38.7 Å². The van der Waals surface area contributed by atoms with E-state index in [1.807, 2.05) is 6.92 Å². The highest BCUT2D eigenvalue weighted by Gasteiger charge is 2.21. The van der Waals surface area contributed by atoms with E-state index in [9.17, 15) is 23.7 Å². The number of nitrogens with one attached hydrogen (secondary N) is 1. The molecule has 0 atom stereocenters. The number of amides is 1. The number of carbonyl (C=O) groups excluding carboxylic acids is 1. The highest BCUT2D eigenvalue weighted by Crippen LogP contribution is 2.42. The Morgan fingerprint density at radius 2 is 1.89 bits per heavy atom. The van der Waals surface area contributed by atoms with Gasteiger partial charge >= 0.3 is 5.00 Å². The molecule has 12 heteroatoms. The first-order valence-electron chi connectivity index (χ1n) is 10.3. The van der Waals surface area contributed by atoms with E-state index < -0.39 is 22.5 Å². The molecule has 2 aromatic carbocycles. The van der Waals surface area contributed by atoms with Crippen LogP contribution in [0.2, 0.25) is 0 Å². The van der Waals surface area contributed by atoms with Crippen LogP contribution in [0.1, 0.15) is 23.0 Å². The second kappa shape index (κ2) is 10.6. The van der Waals surface area contributed by atoms with Crippen LogP contribution in [0.15, 0.2) is 54.6 Å². The smallest absolute Gasteiger partial charge is 0.324 e. The number of benzene rings is 2. The Morgan fingerprint density at radius 1 is 1.11 bits per heavy atom. The average Bonchev–Trinajstić information content (AvgIpc) is 3.48. The summed E-state index contributed by atoms with van der Waals surface area (Å²) in [4.78, 5) is 27.4. The van der Waals surface area contributed by atoms with Crippen molar-refractivity contribution in [1.82, 2.24) is 4.98 Å². The molecule has 4 aromatic rings. The van der Waals surface area contributed by atoms with Crippen molar-refractivity contribution in [3.8, 4) is 27.8 Å². The number of thiazole rings is 1. The number of aromatic nitrogens is 1. The van der Waals surface area contributed by atoms with Gasteiger partial charge in [0.2, 0.25) is 5.06 Å². The predicted molar refractivity (Wildman–Crippen MR) is 129 cm³/mol. The van der Waals surface area contributed by atoms with Crippen LogP contribution in [0.3, 0.4) is 0 Å². The number of carbonyl (C=O) groups is 1. The summed E-state index contributed by atoms with van der Waals surface area (Å²) in [5.41, 5.74) is 0.920. The van der Waals surface area contributed by atoms with E-state index in [1.165, 1.54) is 12.1 Å². The zero-order chi connectivity index (χ0) is 24.9. The lowest BCUT2D eigenvalue weighted by atomic mass is 10.1. The summed E-state index contributed by atoms with van der Waals surface area (Å²) in [5, 5.41) is 13.6. The van der Waals surface area contributed by atoms with Gasteiger partial charge in [0.05, 0.1) is 16.4 Å². The molecule has 4 rings (SSSR count). The number of nitro groups is 1. The van der Waals surface area contributed by atoms with E-state index in [2.05, 4.69) is 10.3 Å². The molecule has 0 aliphatic carbocycles. The summed E-state index contributed by atoms with van der Waals surface area (Å²) in [5.74, 6) is -1.80. The summed E-state index contributed by atoms with van der Waals surface area (Å²) in [6, 6.07) is 12.5. The van der Waals surface area contributed by atoms with E-state index in [1.54, 1.807) is 24.3 Å². The van der Waals surface area contributed by atoms with Crippen molar-refractivity contribution in [2.24, 2.45) is 0 Å². The number of hydrogen-bond donors (Lipinski definition) is 1. The number of halogens is 2.